The second-order valence-corrected chi connectivity index (χ2v) is 3.55. The van der Waals surface area contributed by atoms with Crippen LogP contribution < -0.4 is 4.74 Å². The molecule has 0 aliphatic carbocycles. The van der Waals surface area contributed by atoms with E-state index in [0.29, 0.717) is 16.3 Å². The third-order valence-electron chi connectivity index (χ3n) is 2.00. The molecule has 1 rings (SSSR count). The van der Waals surface area contributed by atoms with Gasteiger partial charge in [-0.05, 0) is 31.5 Å². The zero-order valence-electron chi connectivity index (χ0n) is 8.29. The van der Waals surface area contributed by atoms with Gasteiger partial charge in [-0.1, -0.05) is 18.5 Å². The highest BCUT2D eigenvalue weighted by Crippen LogP contribution is 2.26. The molecule has 0 aliphatic rings. The lowest BCUT2D eigenvalue weighted by molar-refractivity contribution is 0.112. The van der Waals surface area contributed by atoms with Crippen LogP contribution in [0, 0.1) is 0 Å². The lowest BCUT2D eigenvalue weighted by Gasteiger charge is -2.13. The Bertz CT molecular complexity index is 323. The van der Waals surface area contributed by atoms with Gasteiger partial charge >= 0.3 is 0 Å². The zero-order chi connectivity index (χ0) is 10.6. The van der Waals surface area contributed by atoms with Crippen LogP contribution in [0.3, 0.4) is 0 Å². The molecule has 0 unspecified atom stereocenters. The summed E-state index contributed by atoms with van der Waals surface area (Å²) in [7, 11) is 0. The van der Waals surface area contributed by atoms with Crippen LogP contribution in [-0.4, -0.2) is 12.4 Å². The Labute approximate surface area is 88.8 Å². The van der Waals surface area contributed by atoms with Crippen molar-refractivity contribution < 1.29 is 9.53 Å². The third-order valence-corrected chi connectivity index (χ3v) is 2.29. The van der Waals surface area contributed by atoms with Gasteiger partial charge in [0.25, 0.3) is 0 Å². The minimum atomic E-state index is 0.134. The molecule has 14 heavy (non-hydrogen) atoms. The molecule has 3 heteroatoms. The van der Waals surface area contributed by atoms with E-state index in [1.165, 1.54) is 0 Å². The molecule has 0 heterocycles. The van der Waals surface area contributed by atoms with Crippen molar-refractivity contribution in [3.05, 3.63) is 28.8 Å². The molecule has 0 fully saturated rings. The highest BCUT2D eigenvalue weighted by Gasteiger charge is 2.05. The van der Waals surface area contributed by atoms with E-state index >= 15 is 0 Å². The van der Waals surface area contributed by atoms with E-state index in [0.717, 1.165) is 12.7 Å². The van der Waals surface area contributed by atoms with Crippen LogP contribution in [0.25, 0.3) is 0 Å². The Hall–Kier alpha value is -1.02. The number of carbonyl (C=O) groups is 1. The first-order chi connectivity index (χ1) is 6.67. The van der Waals surface area contributed by atoms with Crippen molar-refractivity contribution in [1.82, 2.24) is 0 Å². The van der Waals surface area contributed by atoms with E-state index in [1.807, 2.05) is 13.8 Å². The predicted octanol–water partition coefficient (Wildman–Crippen LogP) is 3.33. The monoisotopic (exact) mass is 212 g/mol. The van der Waals surface area contributed by atoms with Crippen LogP contribution in [0.15, 0.2) is 18.2 Å². The van der Waals surface area contributed by atoms with E-state index in [-0.39, 0.29) is 6.10 Å². The van der Waals surface area contributed by atoms with Crippen molar-refractivity contribution in [3.63, 3.8) is 0 Å². The van der Waals surface area contributed by atoms with Gasteiger partial charge in [-0.15, -0.1) is 0 Å². The summed E-state index contributed by atoms with van der Waals surface area (Å²) < 4.78 is 5.55. The van der Waals surface area contributed by atoms with Crippen LogP contribution in [-0.2, 0) is 0 Å². The molecule has 0 spiro atoms. The van der Waals surface area contributed by atoms with Crippen molar-refractivity contribution in [2.24, 2.45) is 0 Å². The van der Waals surface area contributed by atoms with E-state index in [4.69, 9.17) is 16.3 Å². The molecule has 0 aliphatic heterocycles. The second-order valence-electron chi connectivity index (χ2n) is 3.14. The third kappa shape index (κ3) is 2.74. The Morgan fingerprint density at radius 1 is 1.57 bits per heavy atom. The van der Waals surface area contributed by atoms with Gasteiger partial charge in [0, 0.05) is 5.56 Å². The van der Waals surface area contributed by atoms with Crippen molar-refractivity contribution in [2.45, 2.75) is 26.4 Å². The van der Waals surface area contributed by atoms with E-state index in [1.54, 1.807) is 18.2 Å². The van der Waals surface area contributed by atoms with Crippen molar-refractivity contribution in [2.75, 3.05) is 0 Å². The fraction of sp³-hybridized carbons (Fsp3) is 0.364. The van der Waals surface area contributed by atoms with Crippen molar-refractivity contribution in [3.8, 4) is 5.75 Å². The second kappa shape index (κ2) is 5.01. The van der Waals surface area contributed by atoms with Gasteiger partial charge in [0.15, 0.2) is 0 Å². The SMILES string of the molecule is CC[C@@H](C)Oc1ccc(C=O)cc1Cl. The largest absolute Gasteiger partial charge is 0.489 e. The summed E-state index contributed by atoms with van der Waals surface area (Å²) >= 11 is 5.93. The van der Waals surface area contributed by atoms with Gasteiger partial charge in [-0.25, -0.2) is 0 Å². The van der Waals surface area contributed by atoms with E-state index in [2.05, 4.69) is 0 Å². The van der Waals surface area contributed by atoms with E-state index < -0.39 is 0 Å². The number of carbonyl (C=O) groups excluding carboxylic acids is 1. The smallest absolute Gasteiger partial charge is 0.150 e. The maximum atomic E-state index is 10.4. The average molecular weight is 213 g/mol. The molecule has 0 N–H and O–H groups in total. The Balaban J connectivity index is 2.83. The molecular weight excluding hydrogens is 200 g/mol. The van der Waals surface area contributed by atoms with Gasteiger partial charge in [-0.2, -0.15) is 0 Å². The minimum Gasteiger partial charge on any atom is -0.489 e. The van der Waals surface area contributed by atoms with Gasteiger partial charge in [0.2, 0.25) is 0 Å². The first kappa shape index (κ1) is 11.1. The highest BCUT2D eigenvalue weighted by molar-refractivity contribution is 6.32. The maximum Gasteiger partial charge on any atom is 0.150 e. The summed E-state index contributed by atoms with van der Waals surface area (Å²) in [5, 5.41) is 0.481. The molecule has 76 valence electrons. The molecule has 0 saturated carbocycles. The van der Waals surface area contributed by atoms with Crippen LogP contribution in [0.1, 0.15) is 30.6 Å². The lowest BCUT2D eigenvalue weighted by Crippen LogP contribution is -2.09. The molecule has 0 bridgehead atoms. The molecule has 0 aromatic heterocycles. The summed E-state index contributed by atoms with van der Waals surface area (Å²) in [4.78, 5) is 10.4. The van der Waals surface area contributed by atoms with Crippen molar-refractivity contribution in [1.29, 1.82) is 0 Å². The Morgan fingerprint density at radius 2 is 2.29 bits per heavy atom. The number of aldehydes is 1. The fourth-order valence-electron chi connectivity index (χ4n) is 0.986. The Kier molecular flexibility index (Phi) is 3.96. The van der Waals surface area contributed by atoms with Gasteiger partial charge in [0.05, 0.1) is 11.1 Å². The molecule has 1 atom stereocenters. The van der Waals surface area contributed by atoms with Crippen LogP contribution in [0.5, 0.6) is 5.75 Å². The van der Waals surface area contributed by atoms with Gasteiger partial charge < -0.3 is 4.74 Å². The maximum absolute atomic E-state index is 10.4. The first-order valence-corrected chi connectivity index (χ1v) is 4.96. The van der Waals surface area contributed by atoms with Gasteiger partial charge in [0.1, 0.15) is 12.0 Å². The summed E-state index contributed by atoms with van der Waals surface area (Å²) in [6.07, 6.45) is 1.82. The topological polar surface area (TPSA) is 26.3 Å². The summed E-state index contributed by atoms with van der Waals surface area (Å²) in [5.74, 6) is 0.631. The lowest BCUT2D eigenvalue weighted by atomic mass is 10.2. The number of hydrogen-bond acceptors (Lipinski definition) is 2. The highest BCUT2D eigenvalue weighted by atomic mass is 35.5. The fourth-order valence-corrected chi connectivity index (χ4v) is 1.22. The number of halogens is 1. The molecular formula is C11H13ClO2. The number of rotatable bonds is 4. The first-order valence-electron chi connectivity index (χ1n) is 4.58. The summed E-state index contributed by atoms with van der Waals surface area (Å²) in [5.41, 5.74) is 0.562. The van der Waals surface area contributed by atoms with Crippen LogP contribution >= 0.6 is 11.6 Å². The summed E-state index contributed by atoms with van der Waals surface area (Å²) in [6, 6.07) is 5.01. The number of ether oxygens (including phenoxy) is 1. The molecule has 0 amide bonds. The molecule has 1 aromatic carbocycles. The predicted molar refractivity (Wildman–Crippen MR) is 57.2 cm³/mol. The van der Waals surface area contributed by atoms with Crippen LogP contribution in [0.4, 0.5) is 0 Å². The average Bonchev–Trinajstić information content (AvgIpc) is 2.20. The number of benzene rings is 1. The molecule has 1 aromatic rings. The normalized spacial score (nSPS) is 12.2. The number of hydrogen-bond donors (Lipinski definition) is 0. The van der Waals surface area contributed by atoms with E-state index in [9.17, 15) is 4.79 Å². The standard InChI is InChI=1S/C11H13ClO2/c1-3-8(2)14-11-5-4-9(7-13)6-10(11)12/h4-8H,3H2,1-2H3/t8-/m1/s1. The van der Waals surface area contributed by atoms with Crippen molar-refractivity contribution >= 4 is 17.9 Å². The Morgan fingerprint density at radius 3 is 2.79 bits per heavy atom. The zero-order valence-corrected chi connectivity index (χ0v) is 9.04. The van der Waals surface area contributed by atoms with Gasteiger partial charge in [-0.3, -0.25) is 4.79 Å². The molecule has 0 saturated heterocycles. The van der Waals surface area contributed by atoms with Crippen LogP contribution in [0.2, 0.25) is 5.02 Å². The quantitative estimate of drug-likeness (QED) is 0.716. The minimum absolute atomic E-state index is 0.134. The molecule has 0 radical (unpaired) electrons. The molecule has 2 nitrogen and oxygen atoms in total. The summed E-state index contributed by atoms with van der Waals surface area (Å²) in [6.45, 7) is 4.02.